The second kappa shape index (κ2) is 4.08. The highest BCUT2D eigenvalue weighted by Gasteiger charge is 2.19. The van der Waals surface area contributed by atoms with Gasteiger partial charge in [0.1, 0.15) is 5.75 Å². The van der Waals surface area contributed by atoms with Gasteiger partial charge in [-0.25, -0.2) is 0 Å². The van der Waals surface area contributed by atoms with Crippen LogP contribution in [0.15, 0.2) is 24.3 Å². The number of benzene rings is 1. The van der Waals surface area contributed by atoms with Crippen molar-refractivity contribution in [3.05, 3.63) is 30.0 Å². The predicted octanol–water partition coefficient (Wildman–Crippen LogP) is 2.57. The predicted molar refractivity (Wildman–Crippen MR) is 69.1 cm³/mol. The van der Waals surface area contributed by atoms with Crippen molar-refractivity contribution >= 4 is 10.9 Å². The fourth-order valence-electron chi connectivity index (χ4n) is 2.32. The summed E-state index contributed by atoms with van der Waals surface area (Å²) in [6.07, 6.45) is 4.12. The van der Waals surface area contributed by atoms with Crippen LogP contribution in [0.3, 0.4) is 0 Å². The third kappa shape index (κ3) is 1.80. The van der Waals surface area contributed by atoms with Gasteiger partial charge in [-0.3, -0.25) is 0 Å². The highest BCUT2D eigenvalue weighted by atomic mass is 16.5. The zero-order valence-corrected chi connectivity index (χ0v) is 10.1. The molecule has 1 aromatic carbocycles. The Morgan fingerprint density at radius 1 is 1.35 bits per heavy atom. The molecule has 0 unspecified atom stereocenters. The summed E-state index contributed by atoms with van der Waals surface area (Å²) in [5.74, 6) is 0.979. The Morgan fingerprint density at radius 3 is 2.82 bits per heavy atom. The van der Waals surface area contributed by atoms with E-state index < -0.39 is 0 Å². The number of aryl methyl sites for hydroxylation is 1. The molecule has 0 atom stereocenters. The third-order valence-electron chi connectivity index (χ3n) is 3.68. The summed E-state index contributed by atoms with van der Waals surface area (Å²) in [6.45, 7) is 0.573. The van der Waals surface area contributed by atoms with E-state index in [9.17, 15) is 0 Å². The Balaban J connectivity index is 1.96. The van der Waals surface area contributed by atoms with Gasteiger partial charge in [0.25, 0.3) is 0 Å². The Bertz CT molecular complexity index is 540. The lowest BCUT2D eigenvalue weighted by Crippen LogP contribution is -2.24. The largest absolute Gasteiger partial charge is 0.490 e. The summed E-state index contributed by atoms with van der Waals surface area (Å²) in [4.78, 5) is 0. The van der Waals surface area contributed by atoms with Gasteiger partial charge in [-0.2, -0.15) is 0 Å². The molecule has 0 aliphatic heterocycles. The summed E-state index contributed by atoms with van der Waals surface area (Å²) in [5, 5.41) is 1.23. The van der Waals surface area contributed by atoms with Crippen molar-refractivity contribution in [2.45, 2.75) is 31.9 Å². The normalized spacial score (nSPS) is 16.1. The van der Waals surface area contributed by atoms with Gasteiger partial charge in [0, 0.05) is 30.7 Å². The van der Waals surface area contributed by atoms with Crippen molar-refractivity contribution in [3.63, 3.8) is 0 Å². The van der Waals surface area contributed by atoms with E-state index in [1.807, 2.05) is 0 Å². The number of fused-ring (bicyclic) bond motifs is 1. The monoisotopic (exact) mass is 230 g/mol. The number of rotatable bonds is 3. The number of aromatic nitrogens is 1. The smallest absolute Gasteiger partial charge is 0.121 e. The van der Waals surface area contributed by atoms with Crippen molar-refractivity contribution in [1.82, 2.24) is 4.57 Å². The minimum atomic E-state index is 0.432. The lowest BCUT2D eigenvalue weighted by atomic mass is 9.96. The van der Waals surface area contributed by atoms with Crippen molar-refractivity contribution < 1.29 is 4.74 Å². The van der Waals surface area contributed by atoms with Gasteiger partial charge in [0.2, 0.25) is 0 Å². The standard InChI is InChI=1S/C14H18N2O/c1-16-11(9-15)7-10-5-6-13(8-14(10)16)17-12-3-2-4-12/h5-8,12H,2-4,9,15H2,1H3. The molecule has 1 aliphatic rings. The van der Waals surface area contributed by atoms with E-state index in [-0.39, 0.29) is 0 Å². The molecule has 90 valence electrons. The molecule has 1 aromatic heterocycles. The van der Waals surface area contributed by atoms with E-state index in [0.717, 1.165) is 11.4 Å². The number of hydrogen-bond acceptors (Lipinski definition) is 2. The van der Waals surface area contributed by atoms with Crippen LogP contribution in [0, 0.1) is 0 Å². The van der Waals surface area contributed by atoms with Crippen molar-refractivity contribution in [2.75, 3.05) is 0 Å². The highest BCUT2D eigenvalue weighted by Crippen LogP contribution is 2.28. The molecule has 0 bridgehead atoms. The van der Waals surface area contributed by atoms with Crippen molar-refractivity contribution in [3.8, 4) is 5.75 Å². The fourth-order valence-corrected chi connectivity index (χ4v) is 2.32. The quantitative estimate of drug-likeness (QED) is 0.880. The molecule has 1 heterocycles. The molecule has 1 fully saturated rings. The molecule has 0 amide bonds. The van der Waals surface area contributed by atoms with E-state index in [1.165, 1.54) is 30.2 Å². The maximum Gasteiger partial charge on any atom is 0.121 e. The van der Waals surface area contributed by atoms with Gasteiger partial charge in [0.15, 0.2) is 0 Å². The highest BCUT2D eigenvalue weighted by molar-refractivity contribution is 5.82. The Kier molecular flexibility index (Phi) is 2.56. The number of ether oxygens (including phenoxy) is 1. The minimum absolute atomic E-state index is 0.432. The van der Waals surface area contributed by atoms with E-state index in [1.54, 1.807) is 0 Å². The molecule has 3 rings (SSSR count). The first-order valence-corrected chi connectivity index (χ1v) is 6.23. The molecule has 0 spiro atoms. The van der Waals surface area contributed by atoms with Crippen molar-refractivity contribution in [2.24, 2.45) is 12.8 Å². The number of hydrogen-bond donors (Lipinski definition) is 1. The molecule has 1 aliphatic carbocycles. The summed E-state index contributed by atoms with van der Waals surface area (Å²) >= 11 is 0. The van der Waals surface area contributed by atoms with Crippen LogP contribution in [0.1, 0.15) is 25.0 Å². The molecule has 3 heteroatoms. The van der Waals surface area contributed by atoms with Crippen LogP contribution in [0.5, 0.6) is 5.75 Å². The van der Waals surface area contributed by atoms with Crippen LogP contribution < -0.4 is 10.5 Å². The van der Waals surface area contributed by atoms with Gasteiger partial charge in [-0.05, 0) is 37.5 Å². The summed E-state index contributed by atoms with van der Waals surface area (Å²) in [6, 6.07) is 8.43. The first kappa shape index (κ1) is 10.7. The average molecular weight is 230 g/mol. The molecule has 2 N–H and O–H groups in total. The first-order valence-electron chi connectivity index (χ1n) is 6.23. The van der Waals surface area contributed by atoms with Crippen LogP contribution in [-0.2, 0) is 13.6 Å². The van der Waals surface area contributed by atoms with Gasteiger partial charge in [-0.15, -0.1) is 0 Å². The van der Waals surface area contributed by atoms with E-state index in [4.69, 9.17) is 10.5 Å². The lowest BCUT2D eigenvalue weighted by Gasteiger charge is -2.26. The molecular weight excluding hydrogens is 212 g/mol. The minimum Gasteiger partial charge on any atom is -0.490 e. The van der Waals surface area contributed by atoms with Crippen LogP contribution in [0.2, 0.25) is 0 Å². The summed E-state index contributed by atoms with van der Waals surface area (Å²) in [7, 11) is 2.05. The van der Waals surface area contributed by atoms with Crippen LogP contribution in [0.25, 0.3) is 10.9 Å². The fraction of sp³-hybridized carbons (Fsp3) is 0.429. The molecule has 3 nitrogen and oxygen atoms in total. The van der Waals surface area contributed by atoms with Gasteiger partial charge in [-0.1, -0.05) is 0 Å². The average Bonchev–Trinajstić information content (AvgIpc) is 2.61. The zero-order valence-electron chi connectivity index (χ0n) is 10.1. The van der Waals surface area contributed by atoms with E-state index in [0.29, 0.717) is 12.6 Å². The van der Waals surface area contributed by atoms with E-state index in [2.05, 4.69) is 35.9 Å². The molecule has 2 aromatic rings. The third-order valence-corrected chi connectivity index (χ3v) is 3.68. The zero-order chi connectivity index (χ0) is 11.8. The maximum atomic E-state index is 5.91. The summed E-state index contributed by atoms with van der Waals surface area (Å²) in [5.41, 5.74) is 8.06. The number of nitrogens with two attached hydrogens (primary N) is 1. The molecule has 17 heavy (non-hydrogen) atoms. The second-order valence-corrected chi connectivity index (χ2v) is 4.79. The van der Waals surface area contributed by atoms with Crippen molar-refractivity contribution in [1.29, 1.82) is 0 Å². The Labute approximate surface area is 101 Å². The molecule has 1 saturated carbocycles. The molecular formula is C14H18N2O. The lowest BCUT2D eigenvalue weighted by molar-refractivity contribution is 0.120. The first-order chi connectivity index (χ1) is 8.28. The van der Waals surface area contributed by atoms with Gasteiger partial charge >= 0.3 is 0 Å². The molecule has 0 saturated heterocycles. The Hall–Kier alpha value is -1.48. The van der Waals surface area contributed by atoms with Gasteiger partial charge in [0.05, 0.1) is 11.6 Å². The summed E-state index contributed by atoms with van der Waals surface area (Å²) < 4.78 is 8.05. The van der Waals surface area contributed by atoms with Crippen LogP contribution in [0.4, 0.5) is 0 Å². The molecule has 0 radical (unpaired) electrons. The Morgan fingerprint density at radius 2 is 2.18 bits per heavy atom. The number of nitrogens with zero attached hydrogens (tertiary/aromatic N) is 1. The maximum absolute atomic E-state index is 5.91. The van der Waals surface area contributed by atoms with Crippen LogP contribution >= 0.6 is 0 Å². The van der Waals surface area contributed by atoms with Gasteiger partial charge < -0.3 is 15.0 Å². The SMILES string of the molecule is Cn1c(CN)cc2ccc(OC3CCC3)cc21. The van der Waals surface area contributed by atoms with E-state index >= 15 is 0 Å². The second-order valence-electron chi connectivity index (χ2n) is 4.79. The van der Waals surface area contributed by atoms with Crippen LogP contribution in [-0.4, -0.2) is 10.7 Å². The topological polar surface area (TPSA) is 40.2 Å².